The number of aromatic nitrogens is 4. The number of allylic oxidation sites excluding steroid dienone is 2. The van der Waals surface area contributed by atoms with Crippen molar-refractivity contribution in [1.82, 2.24) is 19.5 Å². The van der Waals surface area contributed by atoms with Gasteiger partial charge in [-0.15, -0.1) is 0 Å². The summed E-state index contributed by atoms with van der Waals surface area (Å²) in [6, 6.07) is 37.1. The van der Waals surface area contributed by atoms with Crippen LogP contribution in [0, 0.1) is 35.5 Å². The first-order chi connectivity index (χ1) is 24.1. The second kappa shape index (κ2) is 12.2. The van der Waals surface area contributed by atoms with E-state index < -0.39 is 0 Å². The summed E-state index contributed by atoms with van der Waals surface area (Å²) in [5.41, 5.74) is 8.41. The van der Waals surface area contributed by atoms with Crippen LogP contribution < -0.4 is 4.90 Å². The first-order valence-electron chi connectivity index (χ1n) is 16.0. The van der Waals surface area contributed by atoms with Gasteiger partial charge < -0.3 is 10.0 Å². The molecule has 8 heteroatoms. The first-order valence-corrected chi connectivity index (χ1v) is 16.0. The minimum absolute atomic E-state index is 0.00657. The fraction of sp³-hybridized carbons (Fsp3) is 0.0976. The van der Waals surface area contributed by atoms with E-state index in [1.807, 2.05) is 54.6 Å². The minimum atomic E-state index is -0.130. The van der Waals surface area contributed by atoms with Crippen molar-refractivity contribution >= 4 is 22.2 Å². The Morgan fingerprint density at radius 2 is 1.31 bits per heavy atom. The maximum absolute atomic E-state index is 11.0. The molecule has 8 nitrogen and oxygen atoms in total. The molecule has 3 heterocycles. The molecule has 1 N–H and O–H groups in total. The highest BCUT2D eigenvalue weighted by Crippen LogP contribution is 2.48. The summed E-state index contributed by atoms with van der Waals surface area (Å²) in [5.74, 6) is 1.36. The Morgan fingerprint density at radius 1 is 0.714 bits per heavy atom. The molecular weight excluding hydrogens is 606 g/mol. The number of hydrogen-bond acceptors (Lipinski definition) is 7. The number of fused-ring (bicyclic) bond motifs is 2. The van der Waals surface area contributed by atoms with Crippen LogP contribution in [0.1, 0.15) is 22.4 Å². The van der Waals surface area contributed by atoms with Crippen LogP contribution in [0.15, 0.2) is 133 Å². The van der Waals surface area contributed by atoms with E-state index in [2.05, 4.69) is 77.1 Å². The van der Waals surface area contributed by atoms with E-state index in [1.54, 1.807) is 24.3 Å². The second-order valence-corrected chi connectivity index (χ2v) is 12.0. The number of nitriles is 2. The number of aliphatic hydroxyl groups excluding tert-OH is 1. The number of hydrogen-bond donors (Lipinski definition) is 1. The molecule has 0 bridgehead atoms. The normalized spacial score (nSPS) is 16.5. The van der Waals surface area contributed by atoms with Crippen LogP contribution in [-0.4, -0.2) is 37.3 Å². The van der Waals surface area contributed by atoms with Crippen molar-refractivity contribution in [3.8, 4) is 40.9 Å². The van der Waals surface area contributed by atoms with Crippen LogP contribution in [0.2, 0.25) is 0 Å². The van der Waals surface area contributed by atoms with Gasteiger partial charge in [-0.05, 0) is 79.2 Å². The zero-order valence-corrected chi connectivity index (χ0v) is 26.6. The van der Waals surface area contributed by atoms with Gasteiger partial charge in [0.15, 0.2) is 11.6 Å². The van der Waals surface area contributed by atoms with Gasteiger partial charge in [-0.2, -0.15) is 20.5 Å². The smallest absolute Gasteiger partial charge is 0.238 e. The third-order valence-electron chi connectivity index (χ3n) is 9.27. The van der Waals surface area contributed by atoms with Crippen molar-refractivity contribution in [3.05, 3.63) is 156 Å². The summed E-state index contributed by atoms with van der Waals surface area (Å²) >= 11 is 0. The van der Waals surface area contributed by atoms with Crippen LogP contribution in [0.3, 0.4) is 0 Å². The molecule has 2 unspecified atom stereocenters. The molecule has 2 aromatic heterocycles. The van der Waals surface area contributed by atoms with Gasteiger partial charge in [0.2, 0.25) is 5.95 Å². The average molecular weight is 636 g/mol. The molecule has 2 atom stereocenters. The fourth-order valence-electron chi connectivity index (χ4n) is 7.08. The average Bonchev–Trinajstić information content (AvgIpc) is 3.65. The Balaban J connectivity index is 1.38. The second-order valence-electron chi connectivity index (χ2n) is 12.0. The summed E-state index contributed by atoms with van der Waals surface area (Å²) in [5, 5.41) is 30.8. The van der Waals surface area contributed by atoms with Gasteiger partial charge >= 0.3 is 0 Å². The third kappa shape index (κ3) is 4.99. The van der Waals surface area contributed by atoms with Crippen LogP contribution in [0.5, 0.6) is 0 Å². The summed E-state index contributed by atoms with van der Waals surface area (Å²) in [6.07, 6.45) is 8.58. The zero-order valence-electron chi connectivity index (χ0n) is 26.6. The van der Waals surface area contributed by atoms with Crippen molar-refractivity contribution in [2.45, 2.75) is 13.0 Å². The molecule has 4 aromatic carbocycles. The lowest BCUT2D eigenvalue weighted by atomic mass is 9.85. The third-order valence-corrected chi connectivity index (χ3v) is 9.27. The van der Waals surface area contributed by atoms with E-state index in [0.717, 1.165) is 50.2 Å². The minimum Gasteiger partial charge on any atom is -0.390 e. The van der Waals surface area contributed by atoms with E-state index in [-0.39, 0.29) is 18.6 Å². The van der Waals surface area contributed by atoms with Gasteiger partial charge in [0, 0.05) is 45.1 Å². The molecule has 0 fully saturated rings. The Bertz CT molecular complexity index is 2330. The maximum Gasteiger partial charge on any atom is 0.238 e. The number of anilines is 1. The number of nitrogens with zero attached hydrogens (tertiary/aromatic N) is 7. The van der Waals surface area contributed by atoms with Gasteiger partial charge in [0.1, 0.15) is 0 Å². The van der Waals surface area contributed by atoms with Gasteiger partial charge in [0.25, 0.3) is 0 Å². The Kier molecular flexibility index (Phi) is 7.41. The van der Waals surface area contributed by atoms with Gasteiger partial charge in [0.05, 0.1) is 41.4 Å². The molecule has 8 rings (SSSR count). The lowest BCUT2D eigenvalue weighted by molar-refractivity contribution is 0.328. The van der Waals surface area contributed by atoms with Crippen LogP contribution in [-0.2, 0) is 0 Å². The van der Waals surface area contributed by atoms with Crippen molar-refractivity contribution in [1.29, 1.82) is 10.5 Å². The standard InChI is InChI=1S/C41H29N7O/c1-26-37(38-33-12-6-8-14-35(33)48(36(38)25-49)31-9-3-2-4-10-31)32-11-5-7-13-34(32)47(26)41-45-39(29-19-15-27(23-42)16-20-29)44-40(46-41)30-21-17-28(24-43)18-22-30/h2-22,33,35,49H,25H2,1H3. The summed E-state index contributed by atoms with van der Waals surface area (Å²) in [4.78, 5) is 17.2. The highest BCUT2D eigenvalue weighted by molar-refractivity contribution is 5.99. The molecule has 2 aliphatic rings. The fourth-order valence-corrected chi connectivity index (χ4v) is 7.08. The summed E-state index contributed by atoms with van der Waals surface area (Å²) < 4.78 is 2.07. The predicted octanol–water partition coefficient (Wildman–Crippen LogP) is 7.54. The summed E-state index contributed by atoms with van der Waals surface area (Å²) in [7, 11) is 0. The molecule has 49 heavy (non-hydrogen) atoms. The zero-order chi connectivity index (χ0) is 33.5. The number of benzene rings is 4. The molecule has 1 aliphatic carbocycles. The van der Waals surface area contributed by atoms with Crippen LogP contribution in [0.4, 0.5) is 5.69 Å². The SMILES string of the molecule is Cc1c(C2=C(CO)N(c3ccccc3)C3C=CC=CC23)c2ccccc2n1-c1nc(-c2ccc(C#N)cc2)nc(-c2ccc(C#N)cc2)n1. The van der Waals surface area contributed by atoms with E-state index in [0.29, 0.717) is 28.7 Å². The number of para-hydroxylation sites is 2. The van der Waals surface area contributed by atoms with E-state index in [1.165, 1.54) is 0 Å². The summed E-state index contributed by atoms with van der Waals surface area (Å²) in [6.45, 7) is 1.95. The van der Waals surface area contributed by atoms with Gasteiger partial charge in [-0.25, -0.2) is 4.98 Å². The van der Waals surface area contributed by atoms with E-state index in [9.17, 15) is 15.6 Å². The van der Waals surface area contributed by atoms with Crippen molar-refractivity contribution in [3.63, 3.8) is 0 Å². The van der Waals surface area contributed by atoms with Gasteiger partial charge in [-0.3, -0.25) is 4.57 Å². The van der Waals surface area contributed by atoms with E-state index in [4.69, 9.17) is 15.0 Å². The highest BCUT2D eigenvalue weighted by atomic mass is 16.3. The molecule has 0 radical (unpaired) electrons. The predicted molar refractivity (Wildman–Crippen MR) is 190 cm³/mol. The molecular formula is C41H29N7O. The number of rotatable bonds is 6. The molecule has 1 aliphatic heterocycles. The Morgan fingerprint density at radius 3 is 1.92 bits per heavy atom. The quantitative estimate of drug-likeness (QED) is 0.201. The molecule has 0 saturated carbocycles. The topological polar surface area (TPSA) is 115 Å². The molecule has 0 saturated heterocycles. The lowest BCUT2D eigenvalue weighted by Crippen LogP contribution is -2.33. The maximum atomic E-state index is 11.0. The highest BCUT2D eigenvalue weighted by Gasteiger charge is 2.41. The number of aliphatic hydroxyl groups is 1. The first kappa shape index (κ1) is 29.8. The van der Waals surface area contributed by atoms with E-state index >= 15 is 0 Å². The van der Waals surface area contributed by atoms with Gasteiger partial charge in [-0.1, -0.05) is 60.7 Å². The molecule has 6 aromatic rings. The lowest BCUT2D eigenvalue weighted by Gasteiger charge is -2.30. The molecule has 0 spiro atoms. The van der Waals surface area contributed by atoms with Crippen LogP contribution >= 0.6 is 0 Å². The van der Waals surface area contributed by atoms with Crippen molar-refractivity contribution < 1.29 is 5.11 Å². The van der Waals surface area contributed by atoms with Crippen LogP contribution in [0.25, 0.3) is 45.2 Å². The largest absolute Gasteiger partial charge is 0.390 e. The molecule has 234 valence electrons. The Labute approximate surface area is 283 Å². The molecule has 0 amide bonds. The van der Waals surface area contributed by atoms with Crippen molar-refractivity contribution in [2.75, 3.05) is 11.5 Å². The monoisotopic (exact) mass is 635 g/mol. The van der Waals surface area contributed by atoms with Crippen molar-refractivity contribution in [2.24, 2.45) is 5.92 Å². The Hall–Kier alpha value is -6.61.